The zero-order valence-corrected chi connectivity index (χ0v) is 47.9. The van der Waals surface area contributed by atoms with Gasteiger partial charge in [0.15, 0.2) is 0 Å². The monoisotopic (exact) mass is 1100 g/mol. The summed E-state index contributed by atoms with van der Waals surface area (Å²) in [6.45, 7) is 15.8. The average molecular weight is 1110 g/mol. The van der Waals surface area contributed by atoms with Crippen LogP contribution in [0.2, 0.25) is 0 Å². The van der Waals surface area contributed by atoms with Gasteiger partial charge in [0.05, 0.1) is 11.4 Å². The van der Waals surface area contributed by atoms with Crippen molar-refractivity contribution in [2.75, 3.05) is 19.6 Å². The molecule has 0 unspecified atom stereocenters. The lowest BCUT2D eigenvalue weighted by Gasteiger charge is -2.28. The molecule has 0 amide bonds. The molecule has 0 spiro atoms. The highest BCUT2D eigenvalue weighted by Gasteiger charge is 2.20. The van der Waals surface area contributed by atoms with Crippen molar-refractivity contribution in [3.05, 3.63) is 364 Å². The Kier molecular flexibility index (Phi) is 16.5. The summed E-state index contributed by atoms with van der Waals surface area (Å²) in [6.07, 6.45) is 7.53. The maximum atomic E-state index is 4.02. The third kappa shape index (κ3) is 11.9. The average Bonchev–Trinajstić information content (AvgIpc) is 2.96. The third-order valence-corrected chi connectivity index (χ3v) is 15.5. The van der Waals surface area contributed by atoms with E-state index in [1.165, 1.54) is 21.5 Å². The molecule has 4 heteroatoms. The van der Waals surface area contributed by atoms with Gasteiger partial charge in [-0.3, -0.25) is 0 Å². The minimum absolute atomic E-state index is 1.08. The fourth-order valence-electron chi connectivity index (χ4n) is 11.2. The molecule has 0 saturated heterocycles. The summed E-state index contributed by atoms with van der Waals surface area (Å²) >= 11 is 0. The van der Waals surface area contributed by atoms with Gasteiger partial charge in [-0.2, -0.15) is 0 Å². The lowest BCUT2D eigenvalue weighted by atomic mass is 10.0. The molecule has 0 radical (unpaired) electrons. The highest BCUT2D eigenvalue weighted by molar-refractivity contribution is 6.01. The van der Waals surface area contributed by atoms with Crippen LogP contribution in [-0.4, -0.2) is 0 Å². The van der Waals surface area contributed by atoms with Crippen molar-refractivity contribution in [3.63, 3.8) is 0 Å². The number of benzene rings is 13. The minimum Gasteiger partial charge on any atom is -0.311 e. The van der Waals surface area contributed by atoms with Gasteiger partial charge in [-0.1, -0.05) is 233 Å². The SMILES string of the molecule is C=Cc1ccc(N(c2ccccc2)c2ccc(N(c3ccccc3)c3ccc(C=C)cc3)cc2)cc1.C=Cc1cccc(N(c2ccc(-c3ccc(N(c4cccc(C=C)c4)c4cccc5ccccc45)cc3)cc2)c2cccc3ccccc23)c1. The summed E-state index contributed by atoms with van der Waals surface area (Å²) in [7, 11) is 0. The molecule has 0 aliphatic carbocycles. The maximum Gasteiger partial charge on any atom is 0.0540 e. The zero-order valence-electron chi connectivity index (χ0n) is 47.9. The van der Waals surface area contributed by atoms with Crippen LogP contribution in [0.15, 0.2) is 342 Å². The summed E-state index contributed by atoms with van der Waals surface area (Å²) in [5, 5.41) is 4.82. The van der Waals surface area contributed by atoms with Gasteiger partial charge in [0, 0.05) is 67.6 Å². The number of nitrogens with zero attached hydrogens (tertiary/aromatic N) is 4. The van der Waals surface area contributed by atoms with Gasteiger partial charge in [0.1, 0.15) is 0 Å². The lowest BCUT2D eigenvalue weighted by molar-refractivity contribution is 1.25. The predicted octanol–water partition coefficient (Wildman–Crippen LogP) is 23.8. The topological polar surface area (TPSA) is 13.0 Å². The first-order chi connectivity index (χ1) is 42.5. The molecule has 0 aliphatic heterocycles. The van der Waals surface area contributed by atoms with Crippen molar-refractivity contribution < 1.29 is 0 Å². The van der Waals surface area contributed by atoms with Crippen LogP contribution < -0.4 is 19.6 Å². The van der Waals surface area contributed by atoms with E-state index >= 15 is 0 Å². The van der Waals surface area contributed by atoms with Crippen molar-refractivity contribution in [2.45, 2.75) is 0 Å². The first kappa shape index (κ1) is 55.1. The van der Waals surface area contributed by atoms with Gasteiger partial charge in [-0.25, -0.2) is 0 Å². The van der Waals surface area contributed by atoms with Crippen LogP contribution in [0.25, 0.3) is 57.0 Å². The number of hydrogen-bond acceptors (Lipinski definition) is 4. The first-order valence-electron chi connectivity index (χ1n) is 28.9. The van der Waals surface area contributed by atoms with Gasteiger partial charge in [-0.05, 0) is 178 Å². The van der Waals surface area contributed by atoms with Crippen LogP contribution in [-0.2, 0) is 0 Å². The molecule has 412 valence electrons. The Morgan fingerprint density at radius 2 is 0.465 bits per heavy atom. The second-order valence-electron chi connectivity index (χ2n) is 20.8. The maximum absolute atomic E-state index is 4.02. The second kappa shape index (κ2) is 25.8. The van der Waals surface area contributed by atoms with Crippen molar-refractivity contribution in [3.8, 4) is 11.1 Å². The van der Waals surface area contributed by atoms with E-state index in [0.29, 0.717) is 0 Å². The van der Waals surface area contributed by atoms with Crippen molar-refractivity contribution >= 4 is 114 Å². The molecule has 0 fully saturated rings. The number of fused-ring (bicyclic) bond motifs is 2. The third-order valence-electron chi connectivity index (χ3n) is 15.5. The van der Waals surface area contributed by atoms with E-state index in [-0.39, 0.29) is 0 Å². The summed E-state index contributed by atoms with van der Waals surface area (Å²) in [5.41, 5.74) is 19.9. The zero-order chi connectivity index (χ0) is 58.6. The van der Waals surface area contributed by atoms with E-state index in [1.807, 2.05) is 36.4 Å². The Morgan fingerprint density at radius 1 is 0.198 bits per heavy atom. The number of anilines is 12. The van der Waals surface area contributed by atoms with Crippen LogP contribution in [0.4, 0.5) is 68.2 Å². The van der Waals surface area contributed by atoms with E-state index in [4.69, 9.17) is 0 Å². The second-order valence-corrected chi connectivity index (χ2v) is 20.8. The van der Waals surface area contributed by atoms with Crippen molar-refractivity contribution in [1.29, 1.82) is 0 Å². The molecule has 0 aromatic heterocycles. The van der Waals surface area contributed by atoms with Crippen LogP contribution in [0.3, 0.4) is 0 Å². The van der Waals surface area contributed by atoms with Crippen LogP contribution >= 0.6 is 0 Å². The molecular weight excluding hydrogens is 1040 g/mol. The van der Waals surface area contributed by atoms with Gasteiger partial charge in [0.2, 0.25) is 0 Å². The summed E-state index contributed by atoms with van der Waals surface area (Å²) in [6, 6.07) is 111. The predicted molar refractivity (Wildman–Crippen MR) is 372 cm³/mol. The van der Waals surface area contributed by atoms with Crippen LogP contribution in [0.1, 0.15) is 22.3 Å². The van der Waals surface area contributed by atoms with E-state index in [1.54, 1.807) is 0 Å². The Balaban J connectivity index is 0.000000178. The summed E-state index contributed by atoms with van der Waals surface area (Å²) < 4.78 is 0. The first-order valence-corrected chi connectivity index (χ1v) is 28.9. The molecule has 0 heterocycles. The van der Waals surface area contributed by atoms with E-state index in [9.17, 15) is 0 Å². The minimum atomic E-state index is 1.08. The van der Waals surface area contributed by atoms with E-state index < -0.39 is 0 Å². The number of rotatable bonds is 17. The Labute approximate surface area is 506 Å². The van der Waals surface area contributed by atoms with Crippen molar-refractivity contribution in [2.24, 2.45) is 0 Å². The molecule has 0 aliphatic rings. The Morgan fingerprint density at radius 3 is 0.826 bits per heavy atom. The molecule has 0 bridgehead atoms. The highest BCUT2D eigenvalue weighted by Crippen LogP contribution is 2.44. The molecule has 13 rings (SSSR count). The summed E-state index contributed by atoms with van der Waals surface area (Å²) in [4.78, 5) is 9.20. The Hall–Kier alpha value is -11.5. The fraction of sp³-hybridized carbons (Fsp3) is 0. The number of hydrogen-bond donors (Lipinski definition) is 0. The number of para-hydroxylation sites is 2. The quantitative estimate of drug-likeness (QED) is 0.0901. The Bertz CT molecular complexity index is 4160. The normalized spacial score (nSPS) is 10.7. The van der Waals surface area contributed by atoms with Gasteiger partial charge in [0.25, 0.3) is 0 Å². The summed E-state index contributed by atoms with van der Waals surface area (Å²) in [5.74, 6) is 0. The fourth-order valence-corrected chi connectivity index (χ4v) is 11.2. The smallest absolute Gasteiger partial charge is 0.0540 e. The molecule has 4 nitrogen and oxygen atoms in total. The van der Waals surface area contributed by atoms with Crippen LogP contribution in [0.5, 0.6) is 0 Å². The molecule has 0 N–H and O–H groups in total. The molecule has 13 aromatic rings. The van der Waals surface area contributed by atoms with Gasteiger partial charge < -0.3 is 19.6 Å². The molecule has 0 saturated carbocycles. The molecule has 86 heavy (non-hydrogen) atoms. The largest absolute Gasteiger partial charge is 0.311 e. The van der Waals surface area contributed by atoms with Crippen molar-refractivity contribution in [1.82, 2.24) is 0 Å². The van der Waals surface area contributed by atoms with E-state index in [0.717, 1.165) is 102 Å². The molecule has 13 aromatic carbocycles. The van der Waals surface area contributed by atoms with Gasteiger partial charge in [-0.15, -0.1) is 0 Å². The standard InChI is InChI=1S/C48H36N2.C34H28N2/c1-3-35-13-9-19-43(33-35)49(47-23-11-17-39-15-5-7-21-45(39)47)41-29-25-37(26-30-41)38-27-31-42(32-28-38)50(44-20-10-14-36(4-2)34-44)48-24-12-18-40-16-6-8-22-46(40)48;1-3-27-15-19-31(20-16-27)35(29-11-7-5-8-12-29)33-23-25-34(26-24-33)36(30-13-9-6-10-14-30)32-21-17-28(4-2)18-22-32/h3-34H,1-2H2;3-26H,1-2H2. The molecule has 0 atom stereocenters. The van der Waals surface area contributed by atoms with Gasteiger partial charge >= 0.3 is 0 Å². The van der Waals surface area contributed by atoms with E-state index in [2.05, 4.69) is 349 Å². The molecular formula is C82H64N4. The lowest BCUT2D eigenvalue weighted by Crippen LogP contribution is -2.12. The van der Waals surface area contributed by atoms with Crippen LogP contribution in [0, 0.1) is 0 Å². The highest BCUT2D eigenvalue weighted by atomic mass is 15.2.